The van der Waals surface area contributed by atoms with Crippen molar-refractivity contribution in [3.05, 3.63) is 59.5 Å². The molecule has 8 heteroatoms. The predicted octanol–water partition coefficient (Wildman–Crippen LogP) is 3.81. The molecule has 1 aromatic heterocycles. The summed E-state index contributed by atoms with van der Waals surface area (Å²) in [6.07, 6.45) is 1.77. The molecule has 1 fully saturated rings. The minimum absolute atomic E-state index is 0.0223. The highest BCUT2D eigenvalue weighted by Crippen LogP contribution is 2.35. The quantitative estimate of drug-likeness (QED) is 0.545. The summed E-state index contributed by atoms with van der Waals surface area (Å²) in [5, 5.41) is 3.65. The number of hydrogen-bond acceptors (Lipinski definition) is 6. The molecule has 1 unspecified atom stereocenters. The Hall–Kier alpha value is -3.83. The van der Waals surface area contributed by atoms with E-state index in [9.17, 15) is 9.59 Å². The lowest BCUT2D eigenvalue weighted by Crippen LogP contribution is -2.47. The van der Waals surface area contributed by atoms with E-state index in [-0.39, 0.29) is 11.9 Å². The summed E-state index contributed by atoms with van der Waals surface area (Å²) in [5.41, 5.74) is 7.01. The molecule has 4 rings (SSSR count). The maximum Gasteiger partial charge on any atom is 0.296 e. The molecule has 0 radical (unpaired) electrons. The van der Waals surface area contributed by atoms with E-state index >= 15 is 0 Å². The second-order valence-corrected chi connectivity index (χ2v) is 8.59. The second-order valence-electron chi connectivity index (χ2n) is 7.61. The van der Waals surface area contributed by atoms with E-state index in [4.69, 9.17) is 15.5 Å². The van der Waals surface area contributed by atoms with Gasteiger partial charge in [-0.25, -0.2) is 4.98 Å². The molecule has 2 heterocycles. The van der Waals surface area contributed by atoms with Crippen molar-refractivity contribution in [1.29, 1.82) is 0 Å². The van der Waals surface area contributed by atoms with Gasteiger partial charge in [0.05, 0.1) is 5.69 Å². The number of para-hydroxylation sites is 1. The van der Waals surface area contributed by atoms with Crippen molar-refractivity contribution in [2.45, 2.75) is 25.8 Å². The minimum Gasteiger partial charge on any atom is -0.457 e. The van der Waals surface area contributed by atoms with Crippen LogP contribution in [0.4, 0.5) is 5.13 Å². The third-order valence-corrected chi connectivity index (χ3v) is 6.34. The number of hydrogen-bond donors (Lipinski definition) is 2. The smallest absolute Gasteiger partial charge is 0.296 e. The molecule has 0 aliphatic carbocycles. The zero-order chi connectivity index (χ0) is 23.2. The normalized spacial score (nSPS) is 15.3. The molecule has 3 aromatic rings. The molecule has 3 N–H and O–H groups in total. The number of primary amides is 1. The van der Waals surface area contributed by atoms with Crippen LogP contribution >= 0.6 is 11.3 Å². The number of nitrogens with two attached hydrogens (primary N) is 1. The van der Waals surface area contributed by atoms with Gasteiger partial charge in [-0.1, -0.05) is 35.5 Å². The van der Waals surface area contributed by atoms with Crippen molar-refractivity contribution in [2.75, 3.05) is 18.0 Å². The van der Waals surface area contributed by atoms with Gasteiger partial charge in [0.15, 0.2) is 5.13 Å². The summed E-state index contributed by atoms with van der Waals surface area (Å²) in [4.78, 5) is 31.2. The van der Waals surface area contributed by atoms with Gasteiger partial charge in [0.2, 0.25) is 0 Å². The van der Waals surface area contributed by atoms with Crippen LogP contribution in [0.15, 0.2) is 54.6 Å². The molecule has 168 valence electrons. The SMILES string of the molecule is CC#CC(=O)NC1CCCN(c2nc(-c3ccc(Oc4ccccc4)cc3)c(C(N)=O)s2)C1. The van der Waals surface area contributed by atoms with Crippen LogP contribution in [0.3, 0.4) is 0 Å². The Morgan fingerprint density at radius 2 is 1.88 bits per heavy atom. The third-order valence-electron chi connectivity index (χ3n) is 5.21. The van der Waals surface area contributed by atoms with Crippen LogP contribution in [0.2, 0.25) is 0 Å². The maximum atomic E-state index is 12.2. The lowest BCUT2D eigenvalue weighted by molar-refractivity contribution is -0.116. The average Bonchev–Trinajstić information content (AvgIpc) is 3.27. The van der Waals surface area contributed by atoms with Crippen LogP contribution in [0.5, 0.6) is 11.5 Å². The van der Waals surface area contributed by atoms with Crippen molar-refractivity contribution in [2.24, 2.45) is 5.73 Å². The number of carbonyl (C=O) groups excluding carboxylic acids is 2. The Bertz CT molecular complexity index is 1200. The Labute approximate surface area is 196 Å². The first-order chi connectivity index (χ1) is 16.0. The van der Waals surface area contributed by atoms with E-state index in [1.165, 1.54) is 11.3 Å². The molecule has 1 aliphatic heterocycles. The zero-order valence-electron chi connectivity index (χ0n) is 18.2. The summed E-state index contributed by atoms with van der Waals surface area (Å²) < 4.78 is 5.85. The van der Waals surface area contributed by atoms with E-state index in [2.05, 4.69) is 22.1 Å². The van der Waals surface area contributed by atoms with Gasteiger partial charge in [-0.15, -0.1) is 0 Å². The number of nitrogens with zero attached hydrogens (tertiary/aromatic N) is 2. The van der Waals surface area contributed by atoms with E-state index in [1.54, 1.807) is 6.92 Å². The highest BCUT2D eigenvalue weighted by Gasteiger charge is 2.26. The van der Waals surface area contributed by atoms with E-state index in [1.807, 2.05) is 54.6 Å². The standard InChI is InChI=1S/C25H24N4O3S/c1-2-7-21(30)27-18-8-6-15-29(16-18)25-28-22(23(33-25)24(26)31)17-11-13-20(14-12-17)32-19-9-4-3-5-10-19/h3-5,9-14,18H,6,8,15-16H2,1H3,(H2,26,31)(H,27,30). The number of aromatic nitrogens is 1. The van der Waals surface area contributed by atoms with E-state index in [0.29, 0.717) is 28.0 Å². The van der Waals surface area contributed by atoms with Gasteiger partial charge in [-0.2, -0.15) is 0 Å². The van der Waals surface area contributed by atoms with Gasteiger partial charge in [-0.05, 0) is 62.1 Å². The van der Waals surface area contributed by atoms with E-state index < -0.39 is 5.91 Å². The fourth-order valence-electron chi connectivity index (χ4n) is 3.72. The molecule has 2 amide bonds. The molecule has 7 nitrogen and oxygen atoms in total. The lowest BCUT2D eigenvalue weighted by atomic mass is 10.1. The summed E-state index contributed by atoms with van der Waals surface area (Å²) in [6.45, 7) is 3.03. The number of anilines is 1. The number of amides is 2. The van der Waals surface area contributed by atoms with E-state index in [0.717, 1.165) is 30.7 Å². The van der Waals surface area contributed by atoms with Gasteiger partial charge in [-0.3, -0.25) is 9.59 Å². The Kier molecular flexibility index (Phi) is 6.91. The highest BCUT2D eigenvalue weighted by molar-refractivity contribution is 7.18. The van der Waals surface area contributed by atoms with Crippen LogP contribution in [-0.4, -0.2) is 35.9 Å². The van der Waals surface area contributed by atoms with Crippen molar-refractivity contribution >= 4 is 28.3 Å². The second kappa shape index (κ2) is 10.2. The molecule has 0 spiro atoms. The maximum absolute atomic E-state index is 12.2. The van der Waals surface area contributed by atoms with Crippen molar-refractivity contribution < 1.29 is 14.3 Å². The monoisotopic (exact) mass is 460 g/mol. The number of ether oxygens (including phenoxy) is 1. The first-order valence-electron chi connectivity index (χ1n) is 10.7. The molecular weight excluding hydrogens is 436 g/mol. The summed E-state index contributed by atoms with van der Waals surface area (Å²) in [6, 6.07) is 16.9. The topological polar surface area (TPSA) is 97.6 Å². The van der Waals surface area contributed by atoms with Gasteiger partial charge in [0.1, 0.15) is 16.4 Å². The van der Waals surface area contributed by atoms with Crippen molar-refractivity contribution in [3.8, 4) is 34.6 Å². The molecule has 0 saturated carbocycles. The minimum atomic E-state index is -0.515. The summed E-state index contributed by atoms with van der Waals surface area (Å²) in [5.74, 6) is 5.76. The molecule has 0 bridgehead atoms. The van der Waals surface area contributed by atoms with Crippen molar-refractivity contribution in [3.63, 3.8) is 0 Å². The number of thiazole rings is 1. The van der Waals surface area contributed by atoms with Crippen LogP contribution in [-0.2, 0) is 4.79 Å². The van der Waals surface area contributed by atoms with Crippen molar-refractivity contribution in [1.82, 2.24) is 10.3 Å². The number of carbonyl (C=O) groups is 2. The largest absolute Gasteiger partial charge is 0.457 e. The summed E-state index contributed by atoms with van der Waals surface area (Å²) >= 11 is 1.28. The third kappa shape index (κ3) is 5.51. The van der Waals surface area contributed by atoms with Gasteiger partial charge >= 0.3 is 0 Å². The first-order valence-corrected chi connectivity index (χ1v) is 11.5. The fraction of sp³-hybridized carbons (Fsp3) is 0.240. The number of piperidine rings is 1. The van der Waals surface area contributed by atoms with Crippen LogP contribution in [0.1, 0.15) is 29.4 Å². The lowest BCUT2D eigenvalue weighted by Gasteiger charge is -2.32. The van der Waals surface area contributed by atoms with Crippen LogP contribution in [0.25, 0.3) is 11.3 Å². The molecule has 2 aromatic carbocycles. The van der Waals surface area contributed by atoms with Gasteiger partial charge in [0.25, 0.3) is 11.8 Å². The first kappa shape index (κ1) is 22.4. The highest BCUT2D eigenvalue weighted by atomic mass is 32.1. The molecule has 1 atom stereocenters. The molecule has 33 heavy (non-hydrogen) atoms. The van der Waals surface area contributed by atoms with Crippen LogP contribution in [0, 0.1) is 11.8 Å². The number of rotatable bonds is 6. The number of nitrogens with one attached hydrogen (secondary N) is 1. The molecule has 1 saturated heterocycles. The fourth-order valence-corrected chi connectivity index (χ4v) is 4.69. The Balaban J connectivity index is 1.53. The Morgan fingerprint density at radius 1 is 1.15 bits per heavy atom. The Morgan fingerprint density at radius 3 is 2.58 bits per heavy atom. The van der Waals surface area contributed by atoms with Gasteiger partial charge < -0.3 is 20.7 Å². The summed E-state index contributed by atoms with van der Waals surface area (Å²) in [7, 11) is 0. The average molecular weight is 461 g/mol. The number of benzene rings is 2. The molecule has 1 aliphatic rings. The van der Waals surface area contributed by atoms with Gasteiger partial charge in [0, 0.05) is 24.7 Å². The molecular formula is C25H24N4O3S. The van der Waals surface area contributed by atoms with Crippen LogP contribution < -0.4 is 20.7 Å². The predicted molar refractivity (Wildman–Crippen MR) is 129 cm³/mol. The zero-order valence-corrected chi connectivity index (χ0v) is 19.0.